The van der Waals surface area contributed by atoms with Crippen LogP contribution in [0.3, 0.4) is 0 Å². The first-order valence-corrected chi connectivity index (χ1v) is 6.65. The Kier molecular flexibility index (Phi) is 11.3. The third kappa shape index (κ3) is 9.13. The molecular weight excluding hydrogens is 200 g/mol. The molecule has 0 amide bonds. The first-order valence-electron chi connectivity index (χ1n) is 6.65. The molecule has 1 unspecified atom stereocenters. The number of rotatable bonds is 11. The quantitative estimate of drug-likeness (QED) is 0.550. The van der Waals surface area contributed by atoms with E-state index in [-0.39, 0.29) is 0 Å². The first-order chi connectivity index (χ1) is 7.74. The van der Waals surface area contributed by atoms with Crippen LogP contribution in [0.2, 0.25) is 0 Å². The minimum atomic E-state index is 0.717. The summed E-state index contributed by atoms with van der Waals surface area (Å²) in [5.41, 5.74) is 0. The molecule has 0 saturated heterocycles. The number of hydrogen-bond acceptors (Lipinski definition) is 3. The van der Waals surface area contributed by atoms with Crippen LogP contribution in [0.1, 0.15) is 39.5 Å². The Morgan fingerprint density at radius 1 is 1.25 bits per heavy atom. The van der Waals surface area contributed by atoms with Gasteiger partial charge in [-0.05, 0) is 39.4 Å². The van der Waals surface area contributed by atoms with Gasteiger partial charge in [-0.15, -0.1) is 0 Å². The summed E-state index contributed by atoms with van der Waals surface area (Å²) < 4.78 is 5.05. The zero-order valence-corrected chi connectivity index (χ0v) is 11.6. The van der Waals surface area contributed by atoms with E-state index in [0.29, 0.717) is 6.04 Å². The Hall–Kier alpha value is -0.120. The topological polar surface area (TPSA) is 24.5 Å². The molecule has 0 fully saturated rings. The first kappa shape index (κ1) is 15.9. The highest BCUT2D eigenvalue weighted by molar-refractivity contribution is 4.64. The van der Waals surface area contributed by atoms with Gasteiger partial charge >= 0.3 is 0 Å². The van der Waals surface area contributed by atoms with Gasteiger partial charge < -0.3 is 15.0 Å². The summed E-state index contributed by atoms with van der Waals surface area (Å²) in [5, 5.41) is 3.62. The van der Waals surface area contributed by atoms with Crippen LogP contribution in [0.15, 0.2) is 0 Å². The number of likely N-dealkylation sites (N-methyl/N-ethyl adjacent to an activating group) is 1. The normalized spacial score (nSPS) is 13.3. The summed E-state index contributed by atoms with van der Waals surface area (Å²) in [6.07, 6.45) is 5.04. The zero-order valence-electron chi connectivity index (χ0n) is 11.6. The Balaban J connectivity index is 3.36. The van der Waals surface area contributed by atoms with Crippen molar-refractivity contribution in [2.24, 2.45) is 0 Å². The van der Waals surface area contributed by atoms with Gasteiger partial charge in [0, 0.05) is 19.7 Å². The SMILES string of the molecule is CCCC(CC)NCCCN(C)CCOC. The molecule has 3 heteroatoms. The molecule has 0 aliphatic rings. The lowest BCUT2D eigenvalue weighted by Gasteiger charge is -2.19. The molecule has 0 aliphatic carbocycles. The number of methoxy groups -OCH3 is 1. The van der Waals surface area contributed by atoms with Crippen LogP contribution in [0, 0.1) is 0 Å². The van der Waals surface area contributed by atoms with E-state index in [1.54, 1.807) is 7.11 Å². The Morgan fingerprint density at radius 3 is 2.56 bits per heavy atom. The molecule has 16 heavy (non-hydrogen) atoms. The van der Waals surface area contributed by atoms with Crippen molar-refractivity contribution >= 4 is 0 Å². The minimum absolute atomic E-state index is 0.717. The predicted octanol–water partition coefficient (Wildman–Crippen LogP) is 2.12. The fourth-order valence-corrected chi connectivity index (χ4v) is 1.81. The molecule has 0 saturated carbocycles. The third-order valence-electron chi connectivity index (χ3n) is 2.96. The lowest BCUT2D eigenvalue weighted by Crippen LogP contribution is -2.32. The Morgan fingerprint density at radius 2 is 2.00 bits per heavy atom. The van der Waals surface area contributed by atoms with Crippen LogP contribution >= 0.6 is 0 Å². The van der Waals surface area contributed by atoms with Gasteiger partial charge in [-0.1, -0.05) is 20.3 Å². The van der Waals surface area contributed by atoms with E-state index in [0.717, 1.165) is 26.2 Å². The lowest BCUT2D eigenvalue weighted by molar-refractivity contribution is 0.160. The van der Waals surface area contributed by atoms with Crippen LogP contribution in [0.25, 0.3) is 0 Å². The third-order valence-corrected chi connectivity index (χ3v) is 2.96. The highest BCUT2D eigenvalue weighted by Crippen LogP contribution is 2.00. The minimum Gasteiger partial charge on any atom is -0.383 e. The second-order valence-corrected chi connectivity index (χ2v) is 4.50. The monoisotopic (exact) mass is 230 g/mol. The summed E-state index contributed by atoms with van der Waals surface area (Å²) in [6.45, 7) is 8.66. The van der Waals surface area contributed by atoms with Crippen molar-refractivity contribution in [2.45, 2.75) is 45.6 Å². The summed E-state index contributed by atoms with van der Waals surface area (Å²) >= 11 is 0. The molecule has 98 valence electrons. The van der Waals surface area contributed by atoms with Crippen LogP contribution in [0.5, 0.6) is 0 Å². The van der Waals surface area contributed by atoms with Gasteiger partial charge in [0.1, 0.15) is 0 Å². The van der Waals surface area contributed by atoms with Gasteiger partial charge in [-0.2, -0.15) is 0 Å². The van der Waals surface area contributed by atoms with E-state index in [2.05, 4.69) is 31.1 Å². The number of nitrogens with zero attached hydrogens (tertiary/aromatic N) is 1. The Bertz CT molecular complexity index is 142. The maximum absolute atomic E-state index is 5.05. The van der Waals surface area contributed by atoms with E-state index in [9.17, 15) is 0 Å². The fraction of sp³-hybridized carbons (Fsp3) is 1.00. The van der Waals surface area contributed by atoms with Crippen molar-refractivity contribution in [3.63, 3.8) is 0 Å². The van der Waals surface area contributed by atoms with Crippen molar-refractivity contribution in [2.75, 3.05) is 40.4 Å². The molecule has 0 radical (unpaired) electrons. The summed E-state index contributed by atoms with van der Waals surface area (Å²) in [4.78, 5) is 2.33. The Labute approximate surface area is 102 Å². The largest absolute Gasteiger partial charge is 0.383 e. The van der Waals surface area contributed by atoms with Gasteiger partial charge in [0.15, 0.2) is 0 Å². The van der Waals surface area contributed by atoms with Gasteiger partial charge in [0.05, 0.1) is 6.61 Å². The van der Waals surface area contributed by atoms with E-state index >= 15 is 0 Å². The maximum atomic E-state index is 5.05. The molecule has 1 N–H and O–H groups in total. The second-order valence-electron chi connectivity index (χ2n) is 4.50. The van der Waals surface area contributed by atoms with Crippen molar-refractivity contribution in [3.8, 4) is 0 Å². The van der Waals surface area contributed by atoms with E-state index in [1.165, 1.54) is 25.7 Å². The number of hydrogen-bond donors (Lipinski definition) is 1. The highest BCUT2D eigenvalue weighted by atomic mass is 16.5. The molecule has 0 aromatic heterocycles. The van der Waals surface area contributed by atoms with E-state index in [1.807, 2.05) is 0 Å². The molecule has 0 bridgehead atoms. The molecular formula is C13H30N2O. The summed E-state index contributed by atoms with van der Waals surface area (Å²) in [5.74, 6) is 0. The lowest BCUT2D eigenvalue weighted by atomic mass is 10.1. The van der Waals surface area contributed by atoms with Crippen LogP contribution in [0.4, 0.5) is 0 Å². The molecule has 0 aliphatic heterocycles. The van der Waals surface area contributed by atoms with Gasteiger partial charge in [0.25, 0.3) is 0 Å². The average molecular weight is 230 g/mol. The molecule has 0 heterocycles. The van der Waals surface area contributed by atoms with E-state index < -0.39 is 0 Å². The number of nitrogens with one attached hydrogen (secondary N) is 1. The molecule has 0 spiro atoms. The van der Waals surface area contributed by atoms with Gasteiger partial charge in [-0.25, -0.2) is 0 Å². The predicted molar refractivity (Wildman–Crippen MR) is 71.0 cm³/mol. The molecule has 1 atom stereocenters. The van der Waals surface area contributed by atoms with Gasteiger partial charge in [0.2, 0.25) is 0 Å². The fourth-order valence-electron chi connectivity index (χ4n) is 1.81. The summed E-state index contributed by atoms with van der Waals surface area (Å²) in [6, 6.07) is 0.717. The van der Waals surface area contributed by atoms with Crippen molar-refractivity contribution in [1.82, 2.24) is 10.2 Å². The highest BCUT2D eigenvalue weighted by Gasteiger charge is 2.03. The van der Waals surface area contributed by atoms with Crippen LogP contribution < -0.4 is 5.32 Å². The molecule has 0 aromatic rings. The molecule has 0 rings (SSSR count). The van der Waals surface area contributed by atoms with Gasteiger partial charge in [-0.3, -0.25) is 0 Å². The second kappa shape index (κ2) is 11.4. The smallest absolute Gasteiger partial charge is 0.0589 e. The standard InChI is InChI=1S/C13H30N2O/c1-5-8-13(6-2)14-9-7-10-15(3)11-12-16-4/h13-14H,5-12H2,1-4H3. The molecule has 0 aromatic carbocycles. The van der Waals surface area contributed by atoms with Crippen molar-refractivity contribution in [3.05, 3.63) is 0 Å². The van der Waals surface area contributed by atoms with Crippen LogP contribution in [-0.2, 0) is 4.74 Å². The zero-order chi connectivity index (χ0) is 12.2. The maximum Gasteiger partial charge on any atom is 0.0589 e. The average Bonchev–Trinajstić information content (AvgIpc) is 2.30. The summed E-state index contributed by atoms with van der Waals surface area (Å²) in [7, 11) is 3.91. The number of ether oxygens (including phenoxy) is 1. The van der Waals surface area contributed by atoms with Crippen LogP contribution in [-0.4, -0.2) is 51.3 Å². The van der Waals surface area contributed by atoms with Crippen molar-refractivity contribution < 1.29 is 4.74 Å². The molecule has 3 nitrogen and oxygen atoms in total. The van der Waals surface area contributed by atoms with Crippen molar-refractivity contribution in [1.29, 1.82) is 0 Å². The van der Waals surface area contributed by atoms with E-state index in [4.69, 9.17) is 4.74 Å².